The molecular formula is C11H14N4O3. The first-order chi connectivity index (χ1) is 8.69. The number of rotatable bonds is 7. The highest BCUT2D eigenvalue weighted by Crippen LogP contribution is 2.18. The molecule has 2 N–H and O–H groups in total. The number of hydrogen-bond donors (Lipinski definition) is 2. The van der Waals surface area contributed by atoms with Gasteiger partial charge in [0.05, 0.1) is 4.92 Å². The van der Waals surface area contributed by atoms with E-state index in [2.05, 4.69) is 10.3 Å². The summed E-state index contributed by atoms with van der Waals surface area (Å²) in [5, 5.41) is 31.0. The number of aromatic nitrogens is 1. The van der Waals surface area contributed by atoms with Crippen molar-refractivity contribution in [3.63, 3.8) is 0 Å². The van der Waals surface area contributed by atoms with Gasteiger partial charge in [-0.3, -0.25) is 10.1 Å². The standard InChI is InChI=1S/C11H14N4O3/c12-7-9-6-10(15(17)18)8-14-11(9)13-4-2-1-3-5-16/h6,8,16H,1-5H2,(H,13,14). The Bertz CT molecular complexity index is 456. The second-order valence-corrected chi connectivity index (χ2v) is 3.67. The Morgan fingerprint density at radius 1 is 1.50 bits per heavy atom. The summed E-state index contributed by atoms with van der Waals surface area (Å²) in [6.45, 7) is 0.777. The highest BCUT2D eigenvalue weighted by molar-refractivity contribution is 5.55. The van der Waals surface area contributed by atoms with E-state index in [0.29, 0.717) is 12.4 Å². The minimum absolute atomic E-state index is 0.159. The van der Waals surface area contributed by atoms with E-state index in [-0.39, 0.29) is 17.9 Å². The van der Waals surface area contributed by atoms with Crippen LogP contribution in [-0.2, 0) is 0 Å². The molecule has 0 spiro atoms. The van der Waals surface area contributed by atoms with Crippen LogP contribution < -0.4 is 5.32 Å². The van der Waals surface area contributed by atoms with E-state index < -0.39 is 4.92 Å². The molecule has 0 amide bonds. The Morgan fingerprint density at radius 2 is 2.28 bits per heavy atom. The summed E-state index contributed by atoms with van der Waals surface area (Å²) < 4.78 is 0. The normalized spacial score (nSPS) is 9.78. The number of nitrogens with one attached hydrogen (secondary N) is 1. The maximum Gasteiger partial charge on any atom is 0.289 e. The van der Waals surface area contributed by atoms with Gasteiger partial charge in [-0.1, -0.05) is 0 Å². The summed E-state index contributed by atoms with van der Waals surface area (Å²) in [5.41, 5.74) is -0.0382. The number of nitriles is 1. The minimum Gasteiger partial charge on any atom is -0.396 e. The molecule has 0 atom stereocenters. The zero-order valence-corrected chi connectivity index (χ0v) is 9.80. The van der Waals surface area contributed by atoms with E-state index in [1.165, 1.54) is 6.07 Å². The van der Waals surface area contributed by atoms with Gasteiger partial charge in [-0.2, -0.15) is 5.26 Å². The molecule has 0 unspecified atom stereocenters. The molecule has 0 aromatic carbocycles. The zero-order valence-electron chi connectivity index (χ0n) is 9.80. The SMILES string of the molecule is N#Cc1cc([N+](=O)[O-])cnc1NCCCCCO. The van der Waals surface area contributed by atoms with Crippen LogP contribution in [0.15, 0.2) is 12.3 Å². The van der Waals surface area contributed by atoms with Crippen LogP contribution in [0.1, 0.15) is 24.8 Å². The zero-order chi connectivity index (χ0) is 13.4. The number of nitro groups is 1. The largest absolute Gasteiger partial charge is 0.396 e. The molecule has 0 aliphatic rings. The average Bonchev–Trinajstić information content (AvgIpc) is 2.38. The molecule has 1 rings (SSSR count). The van der Waals surface area contributed by atoms with Crippen LogP contribution in [0.25, 0.3) is 0 Å². The molecule has 0 fully saturated rings. The molecule has 1 heterocycles. The fraction of sp³-hybridized carbons (Fsp3) is 0.455. The number of nitrogens with zero attached hydrogens (tertiary/aromatic N) is 3. The quantitative estimate of drug-likeness (QED) is 0.430. The third kappa shape index (κ3) is 3.99. The number of anilines is 1. The van der Waals surface area contributed by atoms with Crippen molar-refractivity contribution in [3.8, 4) is 6.07 Å². The molecule has 1 aromatic heterocycles. The number of pyridine rings is 1. The highest BCUT2D eigenvalue weighted by Gasteiger charge is 2.11. The minimum atomic E-state index is -0.584. The molecule has 0 bridgehead atoms. The molecule has 0 radical (unpaired) electrons. The Kier molecular flexibility index (Phi) is 5.54. The van der Waals surface area contributed by atoms with Gasteiger partial charge >= 0.3 is 0 Å². The van der Waals surface area contributed by atoms with Crippen molar-refractivity contribution < 1.29 is 10.0 Å². The lowest BCUT2D eigenvalue weighted by Gasteiger charge is -2.06. The van der Waals surface area contributed by atoms with Crippen LogP contribution in [-0.4, -0.2) is 28.2 Å². The van der Waals surface area contributed by atoms with Gasteiger partial charge in [0.2, 0.25) is 0 Å². The van der Waals surface area contributed by atoms with E-state index in [9.17, 15) is 10.1 Å². The average molecular weight is 250 g/mol. The summed E-state index contributed by atoms with van der Waals surface area (Å²) in [7, 11) is 0. The van der Waals surface area contributed by atoms with Crippen LogP contribution in [0.2, 0.25) is 0 Å². The summed E-state index contributed by atoms with van der Waals surface area (Å²) in [4.78, 5) is 13.8. The van der Waals surface area contributed by atoms with Gasteiger partial charge in [0.25, 0.3) is 5.69 Å². The fourth-order valence-electron chi connectivity index (χ4n) is 1.40. The maximum atomic E-state index is 10.5. The molecule has 7 heteroatoms. The van der Waals surface area contributed by atoms with E-state index in [1.54, 1.807) is 0 Å². The molecule has 96 valence electrons. The molecule has 0 saturated carbocycles. The second-order valence-electron chi connectivity index (χ2n) is 3.67. The lowest BCUT2D eigenvalue weighted by Crippen LogP contribution is -2.06. The Hall–Kier alpha value is -2.20. The van der Waals surface area contributed by atoms with Crippen molar-refractivity contribution in [2.24, 2.45) is 0 Å². The monoisotopic (exact) mass is 250 g/mol. The second kappa shape index (κ2) is 7.19. The summed E-state index contributed by atoms with van der Waals surface area (Å²) in [5.74, 6) is 0.354. The van der Waals surface area contributed by atoms with Gasteiger partial charge in [0.15, 0.2) is 0 Å². The van der Waals surface area contributed by atoms with Gasteiger partial charge < -0.3 is 10.4 Å². The first kappa shape index (κ1) is 13.9. The predicted molar refractivity (Wildman–Crippen MR) is 65.0 cm³/mol. The van der Waals surface area contributed by atoms with E-state index in [0.717, 1.165) is 25.5 Å². The van der Waals surface area contributed by atoms with E-state index >= 15 is 0 Å². The first-order valence-electron chi connectivity index (χ1n) is 5.58. The number of aliphatic hydroxyl groups is 1. The lowest BCUT2D eigenvalue weighted by atomic mass is 10.2. The third-order valence-corrected chi connectivity index (χ3v) is 2.33. The number of unbranched alkanes of at least 4 members (excludes halogenated alkanes) is 2. The van der Waals surface area contributed by atoms with Crippen LogP contribution in [0.4, 0.5) is 11.5 Å². The van der Waals surface area contributed by atoms with Gasteiger partial charge in [-0.05, 0) is 19.3 Å². The van der Waals surface area contributed by atoms with E-state index in [1.807, 2.05) is 6.07 Å². The fourth-order valence-corrected chi connectivity index (χ4v) is 1.40. The summed E-state index contributed by atoms with van der Waals surface area (Å²) >= 11 is 0. The molecule has 18 heavy (non-hydrogen) atoms. The molecule has 0 aliphatic carbocycles. The smallest absolute Gasteiger partial charge is 0.289 e. The summed E-state index contributed by atoms with van der Waals surface area (Å²) in [6.07, 6.45) is 3.57. The molecule has 0 aliphatic heterocycles. The highest BCUT2D eigenvalue weighted by atomic mass is 16.6. The van der Waals surface area contributed by atoms with Crippen molar-refractivity contribution in [2.75, 3.05) is 18.5 Å². The topological polar surface area (TPSA) is 112 Å². The Balaban J connectivity index is 2.61. The van der Waals surface area contributed by atoms with Crippen molar-refractivity contribution in [3.05, 3.63) is 27.9 Å². The lowest BCUT2D eigenvalue weighted by molar-refractivity contribution is -0.385. The van der Waals surface area contributed by atoms with Crippen molar-refractivity contribution >= 4 is 11.5 Å². The van der Waals surface area contributed by atoms with Crippen molar-refractivity contribution in [2.45, 2.75) is 19.3 Å². The van der Waals surface area contributed by atoms with Gasteiger partial charge in [-0.25, -0.2) is 4.98 Å². The summed E-state index contributed by atoms with van der Waals surface area (Å²) in [6, 6.07) is 3.07. The number of aliphatic hydroxyl groups excluding tert-OH is 1. The van der Waals surface area contributed by atoms with Crippen LogP contribution in [0.5, 0.6) is 0 Å². The van der Waals surface area contributed by atoms with E-state index in [4.69, 9.17) is 10.4 Å². The van der Waals surface area contributed by atoms with Crippen molar-refractivity contribution in [1.82, 2.24) is 4.98 Å². The predicted octanol–water partition coefficient (Wildman–Crippen LogP) is 1.44. The maximum absolute atomic E-state index is 10.5. The van der Waals surface area contributed by atoms with Crippen LogP contribution >= 0.6 is 0 Å². The van der Waals surface area contributed by atoms with Gasteiger partial charge in [-0.15, -0.1) is 0 Å². The Labute approximate surface area is 104 Å². The first-order valence-corrected chi connectivity index (χ1v) is 5.58. The molecule has 0 saturated heterocycles. The molecular weight excluding hydrogens is 236 g/mol. The Morgan fingerprint density at radius 3 is 2.89 bits per heavy atom. The van der Waals surface area contributed by atoms with Crippen molar-refractivity contribution in [1.29, 1.82) is 5.26 Å². The number of hydrogen-bond acceptors (Lipinski definition) is 6. The molecule has 1 aromatic rings. The van der Waals surface area contributed by atoms with Gasteiger partial charge in [0, 0.05) is 19.2 Å². The third-order valence-electron chi connectivity index (χ3n) is 2.33. The molecule has 7 nitrogen and oxygen atoms in total. The van der Waals surface area contributed by atoms with Gasteiger partial charge in [0.1, 0.15) is 23.6 Å². The van der Waals surface area contributed by atoms with Crippen LogP contribution in [0.3, 0.4) is 0 Å². The van der Waals surface area contributed by atoms with Crippen LogP contribution in [0, 0.1) is 21.4 Å².